The standard InChI is InChI=1S/C30H42F3N5O5/c1-19(2)16-22(27(41)38-11-5-6-23(38)28(42)37-14-12-36(4)13-15-37)34-26(40)21-8-7-20(30(31,32)33)17-24(21)43-18-25(39)35-29(3)9-10-29/h7-8,17,19,22-23H,5-6,9-16,18H2,1-4H3,(H,34,40)(H,35,39)/t22-,23-/m1/s1. The van der Waals surface area contributed by atoms with Gasteiger partial charge in [-0.05, 0) is 70.2 Å². The van der Waals surface area contributed by atoms with Crippen LogP contribution in [0.5, 0.6) is 5.75 Å². The van der Waals surface area contributed by atoms with E-state index in [4.69, 9.17) is 4.74 Å². The summed E-state index contributed by atoms with van der Waals surface area (Å²) in [6.07, 6.45) is -1.68. The van der Waals surface area contributed by atoms with Crippen LogP contribution in [0.1, 0.15) is 68.8 Å². The van der Waals surface area contributed by atoms with Gasteiger partial charge in [-0.25, -0.2) is 0 Å². The van der Waals surface area contributed by atoms with Gasteiger partial charge in [-0.3, -0.25) is 19.2 Å². The maximum Gasteiger partial charge on any atom is 0.416 e. The second-order valence-corrected chi connectivity index (χ2v) is 12.6. The van der Waals surface area contributed by atoms with Crippen molar-refractivity contribution in [3.8, 4) is 5.75 Å². The Labute approximate surface area is 250 Å². The first-order valence-electron chi connectivity index (χ1n) is 14.9. The molecule has 238 valence electrons. The van der Waals surface area contributed by atoms with Crippen LogP contribution in [0.25, 0.3) is 0 Å². The lowest BCUT2D eigenvalue weighted by Gasteiger charge is -2.36. The highest BCUT2D eigenvalue weighted by molar-refractivity contribution is 6.00. The normalized spacial score (nSPS) is 21.0. The minimum absolute atomic E-state index is 0.0144. The van der Waals surface area contributed by atoms with Crippen molar-refractivity contribution in [2.24, 2.45) is 5.92 Å². The minimum atomic E-state index is -4.70. The van der Waals surface area contributed by atoms with Crippen LogP contribution in [0.3, 0.4) is 0 Å². The molecule has 13 heteroatoms. The highest BCUT2D eigenvalue weighted by atomic mass is 19.4. The summed E-state index contributed by atoms with van der Waals surface area (Å²) in [5, 5.41) is 5.46. The molecule has 2 aliphatic heterocycles. The summed E-state index contributed by atoms with van der Waals surface area (Å²) in [6.45, 7) is 8.06. The molecule has 1 aromatic rings. The number of nitrogens with one attached hydrogen (secondary N) is 2. The van der Waals surface area contributed by atoms with Gasteiger partial charge in [-0.1, -0.05) is 13.8 Å². The Morgan fingerprint density at radius 1 is 1.07 bits per heavy atom. The van der Waals surface area contributed by atoms with Crippen LogP contribution in [0.4, 0.5) is 13.2 Å². The molecule has 0 spiro atoms. The van der Waals surface area contributed by atoms with Crippen LogP contribution in [0.2, 0.25) is 0 Å². The van der Waals surface area contributed by atoms with Crippen molar-refractivity contribution in [3.63, 3.8) is 0 Å². The van der Waals surface area contributed by atoms with E-state index in [2.05, 4.69) is 15.5 Å². The van der Waals surface area contributed by atoms with Crippen LogP contribution >= 0.6 is 0 Å². The molecule has 43 heavy (non-hydrogen) atoms. The number of nitrogens with zero attached hydrogens (tertiary/aromatic N) is 3. The molecule has 4 rings (SSSR count). The molecule has 1 aromatic carbocycles. The van der Waals surface area contributed by atoms with Crippen molar-refractivity contribution in [1.29, 1.82) is 0 Å². The molecule has 1 saturated carbocycles. The second kappa shape index (κ2) is 13.1. The van der Waals surface area contributed by atoms with Gasteiger partial charge in [0.2, 0.25) is 11.8 Å². The van der Waals surface area contributed by atoms with Crippen molar-refractivity contribution in [1.82, 2.24) is 25.3 Å². The third kappa shape index (κ3) is 8.39. The molecule has 10 nitrogen and oxygen atoms in total. The molecule has 0 aromatic heterocycles. The Balaban J connectivity index is 1.51. The van der Waals surface area contributed by atoms with E-state index in [1.807, 2.05) is 27.8 Å². The molecule has 3 fully saturated rings. The Hall–Kier alpha value is -3.35. The number of piperazine rings is 1. The Bertz CT molecular complexity index is 1210. The van der Waals surface area contributed by atoms with E-state index in [0.717, 1.165) is 38.1 Å². The molecule has 0 bridgehead atoms. The average Bonchev–Trinajstić information content (AvgIpc) is 3.45. The number of amides is 4. The summed E-state index contributed by atoms with van der Waals surface area (Å²) in [4.78, 5) is 58.5. The molecule has 4 amide bonds. The van der Waals surface area contributed by atoms with Gasteiger partial charge in [0, 0.05) is 38.3 Å². The highest BCUT2D eigenvalue weighted by Crippen LogP contribution is 2.35. The van der Waals surface area contributed by atoms with Crippen LogP contribution in [-0.2, 0) is 20.6 Å². The molecular weight excluding hydrogens is 567 g/mol. The van der Waals surface area contributed by atoms with Crippen molar-refractivity contribution >= 4 is 23.6 Å². The Morgan fingerprint density at radius 2 is 1.74 bits per heavy atom. The summed E-state index contributed by atoms with van der Waals surface area (Å²) >= 11 is 0. The summed E-state index contributed by atoms with van der Waals surface area (Å²) in [7, 11) is 1.99. The number of carbonyl (C=O) groups is 4. The van der Waals surface area contributed by atoms with E-state index >= 15 is 0 Å². The van der Waals surface area contributed by atoms with Gasteiger partial charge < -0.3 is 30.1 Å². The van der Waals surface area contributed by atoms with Gasteiger partial charge in [-0.15, -0.1) is 0 Å². The summed E-state index contributed by atoms with van der Waals surface area (Å²) in [6, 6.07) is 0.796. The highest BCUT2D eigenvalue weighted by Gasteiger charge is 2.41. The molecule has 2 heterocycles. The topological polar surface area (TPSA) is 111 Å². The van der Waals surface area contributed by atoms with Crippen molar-refractivity contribution in [3.05, 3.63) is 29.3 Å². The predicted octanol–water partition coefficient (Wildman–Crippen LogP) is 2.66. The fraction of sp³-hybridized carbons (Fsp3) is 0.667. The number of likely N-dealkylation sites (tertiary alicyclic amines) is 1. The average molecular weight is 610 g/mol. The minimum Gasteiger partial charge on any atom is -0.483 e. The first-order valence-corrected chi connectivity index (χ1v) is 14.9. The van der Waals surface area contributed by atoms with Gasteiger partial charge in [0.25, 0.3) is 11.8 Å². The van der Waals surface area contributed by atoms with Gasteiger partial charge in [-0.2, -0.15) is 13.2 Å². The number of benzene rings is 1. The maximum absolute atomic E-state index is 13.8. The predicted molar refractivity (Wildman–Crippen MR) is 152 cm³/mol. The SMILES string of the molecule is CC(C)C[C@@H](NC(=O)c1ccc(C(F)(F)F)cc1OCC(=O)NC1(C)CC1)C(=O)N1CCC[C@@H]1C(=O)N1CCN(C)CC1. The second-order valence-electron chi connectivity index (χ2n) is 12.6. The third-order valence-electron chi connectivity index (χ3n) is 8.30. The van der Waals surface area contributed by atoms with Crippen LogP contribution in [-0.4, -0.2) is 102 Å². The molecule has 2 saturated heterocycles. The zero-order valence-corrected chi connectivity index (χ0v) is 25.3. The third-order valence-corrected chi connectivity index (χ3v) is 8.30. The first kappa shape index (κ1) is 32.6. The lowest BCUT2D eigenvalue weighted by Crippen LogP contribution is -2.56. The van der Waals surface area contributed by atoms with Crippen molar-refractivity contribution in [2.45, 2.75) is 76.7 Å². The van der Waals surface area contributed by atoms with E-state index in [0.29, 0.717) is 38.5 Å². The number of rotatable bonds is 10. The van der Waals surface area contributed by atoms with Crippen molar-refractivity contribution in [2.75, 3.05) is 46.4 Å². The molecular formula is C30H42F3N5O5. The van der Waals surface area contributed by atoms with E-state index in [1.54, 1.807) is 4.90 Å². The fourth-order valence-electron chi connectivity index (χ4n) is 5.49. The van der Waals surface area contributed by atoms with Gasteiger partial charge >= 0.3 is 6.18 Å². The van der Waals surface area contributed by atoms with Crippen LogP contribution < -0.4 is 15.4 Å². The lowest BCUT2D eigenvalue weighted by atomic mass is 10.0. The molecule has 0 radical (unpaired) electrons. The number of carbonyl (C=O) groups excluding carboxylic acids is 4. The Morgan fingerprint density at radius 3 is 2.35 bits per heavy atom. The van der Waals surface area contributed by atoms with Crippen LogP contribution in [0.15, 0.2) is 18.2 Å². The number of ether oxygens (including phenoxy) is 1. The largest absolute Gasteiger partial charge is 0.483 e. The lowest BCUT2D eigenvalue weighted by molar-refractivity contribution is -0.145. The maximum atomic E-state index is 13.8. The number of alkyl halides is 3. The smallest absolute Gasteiger partial charge is 0.416 e. The summed E-state index contributed by atoms with van der Waals surface area (Å²) in [5.41, 5.74) is -1.62. The van der Waals surface area contributed by atoms with Gasteiger partial charge in [0.15, 0.2) is 6.61 Å². The molecule has 0 unspecified atom stereocenters. The van der Waals surface area contributed by atoms with Gasteiger partial charge in [0.1, 0.15) is 17.8 Å². The van der Waals surface area contributed by atoms with Crippen LogP contribution in [0, 0.1) is 5.92 Å². The van der Waals surface area contributed by atoms with E-state index in [1.165, 1.54) is 4.90 Å². The fourth-order valence-corrected chi connectivity index (χ4v) is 5.49. The summed E-state index contributed by atoms with van der Waals surface area (Å²) < 4.78 is 46.0. The molecule has 2 N–H and O–H groups in total. The Kier molecular flexibility index (Phi) is 9.93. The van der Waals surface area contributed by atoms with E-state index in [-0.39, 0.29) is 29.3 Å². The zero-order chi connectivity index (χ0) is 31.5. The van der Waals surface area contributed by atoms with E-state index in [9.17, 15) is 32.3 Å². The number of halogens is 3. The quantitative estimate of drug-likeness (QED) is 0.422. The molecule has 3 aliphatic rings. The number of hydrogen-bond acceptors (Lipinski definition) is 6. The number of likely N-dealkylation sites (N-methyl/N-ethyl adjacent to an activating group) is 1. The molecule has 2 atom stereocenters. The summed E-state index contributed by atoms with van der Waals surface area (Å²) in [5.74, 6) is -2.26. The van der Waals surface area contributed by atoms with Gasteiger partial charge in [0.05, 0.1) is 11.1 Å². The van der Waals surface area contributed by atoms with Crippen molar-refractivity contribution < 1.29 is 37.1 Å². The number of hydrogen-bond donors (Lipinski definition) is 2. The first-order chi connectivity index (χ1) is 20.2. The monoisotopic (exact) mass is 609 g/mol. The zero-order valence-electron chi connectivity index (χ0n) is 25.3. The molecule has 1 aliphatic carbocycles. The van der Waals surface area contributed by atoms with E-state index < -0.39 is 53.9 Å².